The molecule has 1 fully saturated rings. The fourth-order valence-electron chi connectivity index (χ4n) is 3.89. The molecule has 1 unspecified atom stereocenters. The molecule has 0 spiro atoms. The van der Waals surface area contributed by atoms with Gasteiger partial charge in [-0.15, -0.1) is 0 Å². The number of piperazine rings is 1. The van der Waals surface area contributed by atoms with E-state index in [1.165, 1.54) is 0 Å². The van der Waals surface area contributed by atoms with E-state index in [2.05, 4.69) is 16.0 Å². The van der Waals surface area contributed by atoms with Crippen molar-refractivity contribution in [2.45, 2.75) is 19.0 Å². The Balaban J connectivity index is 1.39. The first-order valence-corrected chi connectivity index (χ1v) is 11.4. The van der Waals surface area contributed by atoms with E-state index in [0.29, 0.717) is 31.6 Å². The van der Waals surface area contributed by atoms with Crippen LogP contribution in [0.25, 0.3) is 0 Å². The predicted molar refractivity (Wildman–Crippen MR) is 131 cm³/mol. The van der Waals surface area contributed by atoms with Crippen molar-refractivity contribution in [3.05, 3.63) is 102 Å². The van der Waals surface area contributed by atoms with E-state index in [1.807, 2.05) is 65.6 Å². The third kappa shape index (κ3) is 6.22. The number of rotatable bonds is 8. The molecule has 174 valence electrons. The van der Waals surface area contributed by atoms with Crippen LogP contribution >= 0.6 is 0 Å². The first-order valence-electron chi connectivity index (χ1n) is 11.4. The molecule has 7 nitrogen and oxygen atoms in total. The Kier molecular flexibility index (Phi) is 7.55. The smallest absolute Gasteiger partial charge is 0.251 e. The molecule has 1 aliphatic rings. The fraction of sp³-hybridized carbons (Fsp3) is 0.222. The second-order valence-electron chi connectivity index (χ2n) is 8.24. The van der Waals surface area contributed by atoms with Gasteiger partial charge >= 0.3 is 0 Å². The number of benzene rings is 3. The summed E-state index contributed by atoms with van der Waals surface area (Å²) in [6.45, 7) is 2.09. The van der Waals surface area contributed by atoms with Gasteiger partial charge < -0.3 is 20.9 Å². The van der Waals surface area contributed by atoms with Crippen molar-refractivity contribution in [1.82, 2.24) is 16.0 Å². The highest BCUT2D eigenvalue weighted by molar-refractivity contribution is 5.97. The number of nitrogens with zero attached hydrogens (tertiary/aromatic N) is 1. The van der Waals surface area contributed by atoms with Gasteiger partial charge in [0.2, 0.25) is 11.8 Å². The van der Waals surface area contributed by atoms with Gasteiger partial charge in [0.1, 0.15) is 6.04 Å². The highest BCUT2D eigenvalue weighted by Crippen LogP contribution is 2.16. The second-order valence-corrected chi connectivity index (χ2v) is 8.24. The van der Waals surface area contributed by atoms with Crippen LogP contribution in [0.3, 0.4) is 0 Å². The van der Waals surface area contributed by atoms with Gasteiger partial charge in [-0.3, -0.25) is 14.4 Å². The van der Waals surface area contributed by atoms with E-state index in [-0.39, 0.29) is 17.7 Å². The zero-order valence-electron chi connectivity index (χ0n) is 18.9. The maximum Gasteiger partial charge on any atom is 0.251 e. The molecule has 3 aromatic rings. The Hall–Kier alpha value is -4.13. The van der Waals surface area contributed by atoms with Gasteiger partial charge in [0.15, 0.2) is 0 Å². The van der Waals surface area contributed by atoms with Crippen LogP contribution < -0.4 is 20.9 Å². The maximum absolute atomic E-state index is 13.1. The summed E-state index contributed by atoms with van der Waals surface area (Å²) in [4.78, 5) is 39.4. The molecule has 3 N–H and O–H groups in total. The number of nitrogens with one attached hydrogen (secondary N) is 3. The van der Waals surface area contributed by atoms with Crippen molar-refractivity contribution in [3.8, 4) is 0 Å². The van der Waals surface area contributed by atoms with E-state index < -0.39 is 6.04 Å². The van der Waals surface area contributed by atoms with Crippen LogP contribution in [0.15, 0.2) is 84.9 Å². The van der Waals surface area contributed by atoms with Gasteiger partial charge in [0.25, 0.3) is 5.91 Å². The largest absolute Gasteiger partial charge is 0.360 e. The number of carbonyl (C=O) groups excluding carboxylic acids is 3. The van der Waals surface area contributed by atoms with Crippen molar-refractivity contribution >= 4 is 23.4 Å². The Bertz CT molecular complexity index is 1120. The van der Waals surface area contributed by atoms with Gasteiger partial charge in [-0.05, 0) is 35.4 Å². The summed E-state index contributed by atoms with van der Waals surface area (Å²) in [6.07, 6.45) is 0.390. The van der Waals surface area contributed by atoms with Crippen molar-refractivity contribution in [2.24, 2.45) is 0 Å². The number of hydrogen-bond acceptors (Lipinski definition) is 4. The minimum absolute atomic E-state index is 0.0181. The quantitative estimate of drug-likeness (QED) is 0.485. The number of carbonyl (C=O) groups is 3. The van der Waals surface area contributed by atoms with Gasteiger partial charge in [-0.2, -0.15) is 0 Å². The third-order valence-electron chi connectivity index (χ3n) is 5.75. The molecule has 0 saturated carbocycles. The summed E-state index contributed by atoms with van der Waals surface area (Å²) < 4.78 is 0. The second kappa shape index (κ2) is 11.1. The molecule has 1 saturated heterocycles. The van der Waals surface area contributed by atoms with Crippen molar-refractivity contribution in [1.29, 1.82) is 0 Å². The SMILES string of the molecule is O=C1CN(c2ccc(CNC(=O)C(Cc3ccccc3)NC(=O)c3ccccc3)cc2)CCN1. The van der Waals surface area contributed by atoms with Crippen molar-refractivity contribution in [3.63, 3.8) is 0 Å². The highest BCUT2D eigenvalue weighted by atomic mass is 16.2. The number of anilines is 1. The lowest BCUT2D eigenvalue weighted by Gasteiger charge is -2.28. The average molecular weight is 457 g/mol. The van der Waals surface area contributed by atoms with E-state index in [1.54, 1.807) is 24.3 Å². The summed E-state index contributed by atoms with van der Waals surface area (Å²) in [7, 11) is 0. The molecule has 34 heavy (non-hydrogen) atoms. The molecule has 0 bridgehead atoms. The minimum Gasteiger partial charge on any atom is -0.360 e. The standard InChI is InChI=1S/C27H28N4O3/c32-25-19-31(16-15-28-25)23-13-11-21(12-14-23)18-29-27(34)24(17-20-7-3-1-4-8-20)30-26(33)22-9-5-2-6-10-22/h1-14,24H,15-19H2,(H,28,32)(H,29,34)(H,30,33). The van der Waals surface area contributed by atoms with Crippen LogP contribution in [0.5, 0.6) is 0 Å². The maximum atomic E-state index is 13.1. The topological polar surface area (TPSA) is 90.5 Å². The Morgan fingerprint density at radius 2 is 1.56 bits per heavy atom. The Morgan fingerprint density at radius 1 is 0.882 bits per heavy atom. The van der Waals surface area contributed by atoms with Crippen LogP contribution in [0.1, 0.15) is 21.5 Å². The lowest BCUT2D eigenvalue weighted by molar-refractivity contribution is -0.123. The zero-order chi connectivity index (χ0) is 23.8. The minimum atomic E-state index is -0.707. The fourth-order valence-corrected chi connectivity index (χ4v) is 3.89. The molecule has 3 amide bonds. The lowest BCUT2D eigenvalue weighted by atomic mass is 10.0. The monoisotopic (exact) mass is 456 g/mol. The molecule has 1 aliphatic heterocycles. The highest BCUT2D eigenvalue weighted by Gasteiger charge is 2.22. The van der Waals surface area contributed by atoms with Gasteiger partial charge in [-0.1, -0.05) is 60.7 Å². The molecule has 0 aliphatic carbocycles. The lowest BCUT2D eigenvalue weighted by Crippen LogP contribution is -2.48. The molecule has 3 aromatic carbocycles. The Morgan fingerprint density at radius 3 is 2.24 bits per heavy atom. The summed E-state index contributed by atoms with van der Waals surface area (Å²) >= 11 is 0. The molecular formula is C27H28N4O3. The van der Waals surface area contributed by atoms with Crippen LogP contribution in [0, 0.1) is 0 Å². The van der Waals surface area contributed by atoms with E-state index >= 15 is 0 Å². The summed E-state index contributed by atoms with van der Waals surface area (Å²) in [5, 5.41) is 8.65. The molecule has 1 heterocycles. The van der Waals surface area contributed by atoms with Crippen LogP contribution in [-0.2, 0) is 22.6 Å². The summed E-state index contributed by atoms with van der Waals surface area (Å²) in [5.74, 6) is -0.513. The molecule has 1 atom stereocenters. The van der Waals surface area contributed by atoms with Crippen LogP contribution in [0.2, 0.25) is 0 Å². The molecule has 4 rings (SSSR count). The van der Waals surface area contributed by atoms with E-state index in [0.717, 1.165) is 23.4 Å². The molecule has 0 radical (unpaired) electrons. The van der Waals surface area contributed by atoms with Crippen molar-refractivity contribution < 1.29 is 14.4 Å². The Labute approximate surface area is 199 Å². The summed E-state index contributed by atoms with van der Waals surface area (Å²) in [5.41, 5.74) is 3.38. The van der Waals surface area contributed by atoms with E-state index in [9.17, 15) is 14.4 Å². The molecular weight excluding hydrogens is 428 g/mol. The van der Waals surface area contributed by atoms with Crippen molar-refractivity contribution in [2.75, 3.05) is 24.5 Å². The normalized spacial score (nSPS) is 14.1. The van der Waals surface area contributed by atoms with E-state index in [4.69, 9.17) is 0 Å². The predicted octanol–water partition coefficient (Wildman–Crippen LogP) is 2.28. The number of hydrogen-bond donors (Lipinski definition) is 3. The summed E-state index contributed by atoms with van der Waals surface area (Å²) in [6, 6.07) is 25.6. The zero-order valence-corrected chi connectivity index (χ0v) is 18.9. The van der Waals surface area contributed by atoms with Gasteiger partial charge in [0, 0.05) is 37.3 Å². The van der Waals surface area contributed by atoms with Gasteiger partial charge in [-0.25, -0.2) is 0 Å². The average Bonchev–Trinajstić information content (AvgIpc) is 2.88. The molecule has 0 aromatic heterocycles. The van der Waals surface area contributed by atoms with Crippen LogP contribution in [0.4, 0.5) is 5.69 Å². The number of amides is 3. The van der Waals surface area contributed by atoms with Gasteiger partial charge in [0.05, 0.1) is 6.54 Å². The first-order chi connectivity index (χ1) is 16.6. The third-order valence-corrected chi connectivity index (χ3v) is 5.75. The van der Waals surface area contributed by atoms with Crippen LogP contribution in [-0.4, -0.2) is 43.4 Å². The first kappa shape index (κ1) is 23.0. The molecule has 7 heteroatoms.